The monoisotopic (exact) mass is 377 g/mol. The lowest BCUT2D eigenvalue weighted by atomic mass is 10.2. The number of tetrazole rings is 1. The highest BCUT2D eigenvalue weighted by Gasteiger charge is 2.21. The number of aromatic nitrogens is 7. The van der Waals surface area contributed by atoms with Crippen LogP contribution in [0.1, 0.15) is 29.4 Å². The molecule has 27 heavy (non-hydrogen) atoms. The zero-order chi connectivity index (χ0) is 18.8. The molecule has 2 heterocycles. The largest absolute Gasteiger partial charge is 0.274 e. The Morgan fingerprint density at radius 3 is 2.33 bits per heavy atom. The second kappa shape index (κ2) is 7.32. The fourth-order valence-electron chi connectivity index (χ4n) is 2.82. The highest BCUT2D eigenvalue weighted by Crippen LogP contribution is 2.34. The van der Waals surface area contributed by atoms with E-state index in [2.05, 4.69) is 68.4 Å². The van der Waals surface area contributed by atoms with Crippen LogP contribution < -0.4 is 0 Å². The average molecular weight is 377 g/mol. The molecule has 0 amide bonds. The molecule has 7 nitrogen and oxygen atoms in total. The Bertz CT molecular complexity index is 1040. The molecule has 8 heteroatoms. The minimum Gasteiger partial charge on any atom is -0.274 e. The first-order chi connectivity index (χ1) is 13.1. The Kier molecular flexibility index (Phi) is 4.72. The SMILES string of the molecule is Cc1ccc(-n2c(C)nnc2S[C@H](C)c2nnnn2-c2ccccc2)cc1. The van der Waals surface area contributed by atoms with E-state index in [4.69, 9.17) is 0 Å². The Morgan fingerprint density at radius 1 is 0.852 bits per heavy atom. The van der Waals surface area contributed by atoms with Gasteiger partial charge in [-0.15, -0.1) is 15.3 Å². The second-order valence-electron chi connectivity index (χ2n) is 6.25. The molecule has 0 saturated heterocycles. The van der Waals surface area contributed by atoms with Crippen molar-refractivity contribution in [3.8, 4) is 11.4 Å². The summed E-state index contributed by atoms with van der Waals surface area (Å²) in [5.74, 6) is 1.61. The van der Waals surface area contributed by atoms with Crippen LogP contribution in [0, 0.1) is 13.8 Å². The summed E-state index contributed by atoms with van der Waals surface area (Å²) in [7, 11) is 0. The van der Waals surface area contributed by atoms with Crippen LogP contribution in [-0.2, 0) is 0 Å². The van der Waals surface area contributed by atoms with Gasteiger partial charge in [0.2, 0.25) is 0 Å². The van der Waals surface area contributed by atoms with E-state index in [0.29, 0.717) is 0 Å². The molecule has 0 spiro atoms. The summed E-state index contributed by atoms with van der Waals surface area (Å²) < 4.78 is 3.81. The quantitative estimate of drug-likeness (QED) is 0.494. The van der Waals surface area contributed by atoms with Crippen molar-refractivity contribution in [2.75, 3.05) is 0 Å². The minimum atomic E-state index is -0.00648. The van der Waals surface area contributed by atoms with E-state index in [1.54, 1.807) is 16.4 Å². The van der Waals surface area contributed by atoms with Crippen LogP contribution in [0.2, 0.25) is 0 Å². The number of hydrogen-bond donors (Lipinski definition) is 0. The lowest BCUT2D eigenvalue weighted by Gasteiger charge is -2.13. The van der Waals surface area contributed by atoms with Crippen molar-refractivity contribution in [2.45, 2.75) is 31.2 Å². The molecule has 0 N–H and O–H groups in total. The second-order valence-corrected chi connectivity index (χ2v) is 7.55. The maximum absolute atomic E-state index is 4.36. The van der Waals surface area contributed by atoms with E-state index in [0.717, 1.165) is 28.2 Å². The molecule has 2 aromatic carbocycles. The summed E-state index contributed by atoms with van der Waals surface area (Å²) in [5.41, 5.74) is 3.19. The van der Waals surface area contributed by atoms with Gasteiger partial charge >= 0.3 is 0 Å². The van der Waals surface area contributed by atoms with E-state index in [1.165, 1.54) is 5.56 Å². The van der Waals surface area contributed by atoms with Crippen LogP contribution in [0.3, 0.4) is 0 Å². The molecular formula is C19H19N7S. The maximum atomic E-state index is 4.36. The highest BCUT2D eigenvalue weighted by molar-refractivity contribution is 7.99. The molecule has 0 aliphatic carbocycles. The van der Waals surface area contributed by atoms with Crippen LogP contribution in [0.4, 0.5) is 0 Å². The van der Waals surface area contributed by atoms with Gasteiger partial charge in [-0.05, 0) is 55.5 Å². The van der Waals surface area contributed by atoms with E-state index >= 15 is 0 Å². The van der Waals surface area contributed by atoms with Crippen molar-refractivity contribution in [3.63, 3.8) is 0 Å². The Morgan fingerprint density at radius 2 is 1.59 bits per heavy atom. The van der Waals surface area contributed by atoms with Gasteiger partial charge in [0.15, 0.2) is 11.0 Å². The van der Waals surface area contributed by atoms with Crippen molar-refractivity contribution >= 4 is 11.8 Å². The van der Waals surface area contributed by atoms with Gasteiger partial charge in [0, 0.05) is 5.69 Å². The molecule has 136 valence electrons. The first kappa shape index (κ1) is 17.4. The average Bonchev–Trinajstić information content (AvgIpc) is 3.31. The number of rotatable bonds is 5. The number of benzene rings is 2. The van der Waals surface area contributed by atoms with Gasteiger partial charge in [0.25, 0.3) is 0 Å². The predicted octanol–water partition coefficient (Wildman–Crippen LogP) is 3.71. The van der Waals surface area contributed by atoms with Gasteiger partial charge in [0.05, 0.1) is 10.9 Å². The molecule has 2 aromatic heterocycles. The molecule has 0 fully saturated rings. The van der Waals surface area contributed by atoms with Crippen molar-refractivity contribution in [1.29, 1.82) is 0 Å². The number of para-hydroxylation sites is 1. The van der Waals surface area contributed by atoms with Crippen molar-refractivity contribution in [3.05, 3.63) is 71.8 Å². The topological polar surface area (TPSA) is 74.3 Å². The molecule has 4 aromatic rings. The van der Waals surface area contributed by atoms with Gasteiger partial charge in [-0.25, -0.2) is 0 Å². The Balaban J connectivity index is 1.65. The summed E-state index contributed by atoms with van der Waals surface area (Å²) in [6.45, 7) is 6.10. The van der Waals surface area contributed by atoms with Gasteiger partial charge in [-0.1, -0.05) is 47.7 Å². The maximum Gasteiger partial charge on any atom is 0.196 e. The molecule has 0 radical (unpaired) electrons. The Labute approximate surface area is 161 Å². The first-order valence-electron chi connectivity index (χ1n) is 8.63. The summed E-state index contributed by atoms with van der Waals surface area (Å²) in [4.78, 5) is 0. The van der Waals surface area contributed by atoms with Crippen molar-refractivity contribution < 1.29 is 0 Å². The molecular weight excluding hydrogens is 358 g/mol. The van der Waals surface area contributed by atoms with E-state index in [-0.39, 0.29) is 5.25 Å². The lowest BCUT2D eigenvalue weighted by molar-refractivity contribution is 0.760. The van der Waals surface area contributed by atoms with Gasteiger partial charge in [-0.3, -0.25) is 4.57 Å². The molecule has 0 unspecified atom stereocenters. The fraction of sp³-hybridized carbons (Fsp3) is 0.211. The molecule has 1 atom stereocenters. The lowest BCUT2D eigenvalue weighted by Crippen LogP contribution is -2.06. The summed E-state index contributed by atoms with van der Waals surface area (Å²) in [5, 5.41) is 21.7. The van der Waals surface area contributed by atoms with Crippen LogP contribution in [0.5, 0.6) is 0 Å². The summed E-state index contributed by atoms with van der Waals surface area (Å²) >= 11 is 1.58. The van der Waals surface area contributed by atoms with Crippen molar-refractivity contribution in [2.24, 2.45) is 0 Å². The number of nitrogens with zero attached hydrogens (tertiary/aromatic N) is 7. The third-order valence-electron chi connectivity index (χ3n) is 4.23. The molecule has 4 rings (SSSR count). The zero-order valence-corrected chi connectivity index (χ0v) is 16.1. The van der Waals surface area contributed by atoms with Gasteiger partial charge < -0.3 is 0 Å². The predicted molar refractivity (Wildman–Crippen MR) is 104 cm³/mol. The van der Waals surface area contributed by atoms with E-state index < -0.39 is 0 Å². The van der Waals surface area contributed by atoms with Gasteiger partial charge in [0.1, 0.15) is 5.82 Å². The third kappa shape index (κ3) is 3.48. The number of aryl methyl sites for hydroxylation is 2. The minimum absolute atomic E-state index is 0.00648. The summed E-state index contributed by atoms with van der Waals surface area (Å²) in [6, 6.07) is 18.2. The fourth-order valence-corrected chi connectivity index (χ4v) is 3.82. The smallest absolute Gasteiger partial charge is 0.196 e. The zero-order valence-electron chi connectivity index (χ0n) is 15.3. The van der Waals surface area contributed by atoms with Crippen LogP contribution in [0.25, 0.3) is 11.4 Å². The van der Waals surface area contributed by atoms with Crippen molar-refractivity contribution in [1.82, 2.24) is 35.0 Å². The van der Waals surface area contributed by atoms with Gasteiger partial charge in [-0.2, -0.15) is 4.68 Å². The first-order valence-corrected chi connectivity index (χ1v) is 9.51. The van der Waals surface area contributed by atoms with Crippen LogP contribution >= 0.6 is 11.8 Å². The summed E-state index contributed by atoms with van der Waals surface area (Å²) in [6.07, 6.45) is 0. The Hall–Kier alpha value is -3.00. The highest BCUT2D eigenvalue weighted by atomic mass is 32.2. The number of thioether (sulfide) groups is 1. The third-order valence-corrected chi connectivity index (χ3v) is 5.27. The van der Waals surface area contributed by atoms with E-state index in [1.807, 2.05) is 37.3 Å². The number of hydrogen-bond acceptors (Lipinski definition) is 6. The molecule has 0 aliphatic rings. The normalized spacial score (nSPS) is 12.3. The standard InChI is InChI=1S/C19H19N7S/c1-13-9-11-16(12-10-13)25-15(3)20-22-19(25)27-14(2)18-21-23-24-26(18)17-7-5-4-6-8-17/h4-12,14H,1-3H3/t14-/m1/s1. The van der Waals surface area contributed by atoms with Crippen LogP contribution in [0.15, 0.2) is 59.8 Å². The van der Waals surface area contributed by atoms with Crippen LogP contribution in [-0.4, -0.2) is 35.0 Å². The molecule has 0 saturated carbocycles. The molecule has 0 aliphatic heterocycles. The van der Waals surface area contributed by atoms with E-state index in [9.17, 15) is 0 Å². The molecule has 0 bridgehead atoms.